The number of fused-ring (bicyclic) bond motifs is 1. The van der Waals surface area contributed by atoms with E-state index >= 15 is 0 Å². The van der Waals surface area contributed by atoms with Gasteiger partial charge in [0.2, 0.25) is 0 Å². The van der Waals surface area contributed by atoms with Crippen LogP contribution in [0.3, 0.4) is 0 Å². The summed E-state index contributed by atoms with van der Waals surface area (Å²) in [6.45, 7) is 5.46. The van der Waals surface area contributed by atoms with Crippen LogP contribution in [-0.2, 0) is 0 Å². The van der Waals surface area contributed by atoms with Crippen LogP contribution in [0.5, 0.6) is 5.75 Å². The summed E-state index contributed by atoms with van der Waals surface area (Å²) in [6, 6.07) is 25.8. The second kappa shape index (κ2) is 10.3. The van der Waals surface area contributed by atoms with Crippen LogP contribution in [0.15, 0.2) is 79.4 Å². The molecular formula is C32H35N3O2. The number of benzene rings is 3. The molecule has 37 heavy (non-hydrogen) atoms. The molecule has 2 fully saturated rings. The van der Waals surface area contributed by atoms with Crippen LogP contribution in [0.2, 0.25) is 0 Å². The first kappa shape index (κ1) is 23.7. The largest absolute Gasteiger partial charge is 0.508 e. The fourth-order valence-electron chi connectivity index (χ4n) is 6.05. The zero-order valence-electron chi connectivity index (χ0n) is 21.4. The Bertz CT molecular complexity index is 1370. The highest BCUT2D eigenvalue weighted by Crippen LogP contribution is 2.37. The summed E-state index contributed by atoms with van der Waals surface area (Å²) in [5.74, 6) is 1.95. The van der Waals surface area contributed by atoms with Crippen molar-refractivity contribution >= 4 is 22.5 Å². The van der Waals surface area contributed by atoms with Gasteiger partial charge in [-0.05, 0) is 80.3 Å². The van der Waals surface area contributed by atoms with Gasteiger partial charge >= 0.3 is 0 Å². The smallest absolute Gasteiger partial charge is 0.141 e. The monoisotopic (exact) mass is 493 g/mol. The molecule has 0 bridgehead atoms. The number of ether oxygens (including phenoxy) is 1. The highest BCUT2D eigenvalue weighted by atomic mass is 16.5. The molecule has 2 heterocycles. The van der Waals surface area contributed by atoms with E-state index in [0.717, 1.165) is 41.1 Å². The average molecular weight is 494 g/mol. The second-order valence-electron chi connectivity index (χ2n) is 10.4. The minimum absolute atomic E-state index is 0.0743. The van der Waals surface area contributed by atoms with Gasteiger partial charge in [-0.25, -0.2) is 4.98 Å². The fourth-order valence-corrected chi connectivity index (χ4v) is 6.05. The third kappa shape index (κ3) is 4.83. The summed E-state index contributed by atoms with van der Waals surface area (Å²) >= 11 is 0. The van der Waals surface area contributed by atoms with Gasteiger partial charge in [-0.1, -0.05) is 44.0 Å². The first-order valence-corrected chi connectivity index (χ1v) is 13.6. The van der Waals surface area contributed by atoms with Gasteiger partial charge in [-0.15, -0.1) is 0 Å². The Labute approximate surface area is 219 Å². The molecule has 190 valence electrons. The predicted molar refractivity (Wildman–Crippen MR) is 151 cm³/mol. The Balaban J connectivity index is 1.24. The van der Waals surface area contributed by atoms with Crippen LogP contribution in [0.25, 0.3) is 28.2 Å². The van der Waals surface area contributed by atoms with Gasteiger partial charge in [0.1, 0.15) is 23.9 Å². The number of hydrogen-bond donors (Lipinski definition) is 1. The summed E-state index contributed by atoms with van der Waals surface area (Å²) < 4.78 is 8.69. The van der Waals surface area contributed by atoms with E-state index in [0.29, 0.717) is 24.3 Å². The molecule has 1 N–H and O–H groups in total. The van der Waals surface area contributed by atoms with E-state index in [1.807, 2.05) is 12.1 Å². The molecule has 6 rings (SSSR count). The fraction of sp³-hybridized carbons (Fsp3) is 0.344. The van der Waals surface area contributed by atoms with E-state index in [9.17, 15) is 5.11 Å². The number of aromatic nitrogens is 2. The molecule has 1 atom stereocenters. The van der Waals surface area contributed by atoms with Gasteiger partial charge in [0.25, 0.3) is 0 Å². The molecule has 5 heteroatoms. The zero-order valence-corrected chi connectivity index (χ0v) is 21.4. The van der Waals surface area contributed by atoms with Crippen molar-refractivity contribution in [2.75, 3.05) is 18.1 Å². The highest BCUT2D eigenvalue weighted by molar-refractivity contribution is 5.84. The van der Waals surface area contributed by atoms with E-state index in [1.165, 1.54) is 44.2 Å². The quantitative estimate of drug-likeness (QED) is 0.267. The number of rotatable bonds is 7. The van der Waals surface area contributed by atoms with Gasteiger partial charge in [0, 0.05) is 29.4 Å². The first-order valence-electron chi connectivity index (χ1n) is 13.6. The standard InChI is InChI=1S/C32H35N3O2/c1-23(36)25-16-19-31-30(21-25)33-32(35(31)27-11-6-3-7-12-27)24-14-17-29(18-15-24)37-22-28-13-8-20-34(28)26-9-4-2-5-10-26/h2,4-5,9-10,14-19,21,27-28,36H,1,3,6-8,11-13,20,22H2/t28-/m0/s1. The Hall–Kier alpha value is -3.73. The van der Waals surface area contributed by atoms with Crippen LogP contribution >= 0.6 is 0 Å². The number of aliphatic hydroxyl groups excluding tert-OH is 1. The normalized spacial score (nSPS) is 18.4. The van der Waals surface area contributed by atoms with Crippen molar-refractivity contribution in [3.05, 3.63) is 84.9 Å². The highest BCUT2D eigenvalue weighted by Gasteiger charge is 2.26. The number of hydrogen-bond acceptors (Lipinski definition) is 4. The molecule has 3 aromatic carbocycles. The van der Waals surface area contributed by atoms with Gasteiger partial charge < -0.3 is 19.3 Å². The van der Waals surface area contributed by atoms with Crippen molar-refractivity contribution in [3.63, 3.8) is 0 Å². The number of aliphatic hydroxyl groups is 1. The molecule has 1 saturated heterocycles. The summed E-state index contributed by atoms with van der Waals surface area (Å²) in [6.07, 6.45) is 8.51. The molecular weight excluding hydrogens is 458 g/mol. The lowest BCUT2D eigenvalue weighted by Gasteiger charge is -2.27. The van der Waals surface area contributed by atoms with Crippen molar-refractivity contribution in [1.82, 2.24) is 9.55 Å². The zero-order chi connectivity index (χ0) is 25.2. The Morgan fingerprint density at radius 1 is 0.919 bits per heavy atom. The van der Waals surface area contributed by atoms with Crippen molar-refractivity contribution in [1.29, 1.82) is 0 Å². The predicted octanol–water partition coefficient (Wildman–Crippen LogP) is 7.79. The summed E-state index contributed by atoms with van der Waals surface area (Å²) in [5.41, 5.74) is 5.10. The maximum absolute atomic E-state index is 9.92. The summed E-state index contributed by atoms with van der Waals surface area (Å²) in [4.78, 5) is 7.52. The maximum Gasteiger partial charge on any atom is 0.141 e. The topological polar surface area (TPSA) is 50.5 Å². The lowest BCUT2D eigenvalue weighted by Crippen LogP contribution is -2.34. The Morgan fingerprint density at radius 3 is 2.46 bits per heavy atom. The Kier molecular flexibility index (Phi) is 6.60. The number of para-hydroxylation sites is 1. The van der Waals surface area contributed by atoms with Crippen LogP contribution in [0, 0.1) is 0 Å². The van der Waals surface area contributed by atoms with E-state index < -0.39 is 0 Å². The number of nitrogens with zero attached hydrogens (tertiary/aromatic N) is 3. The third-order valence-corrected chi connectivity index (χ3v) is 7.98. The number of imidazole rings is 1. The molecule has 2 aliphatic rings. The van der Waals surface area contributed by atoms with E-state index in [2.05, 4.69) is 76.7 Å². The average Bonchev–Trinajstić information content (AvgIpc) is 3.57. The van der Waals surface area contributed by atoms with Crippen LogP contribution in [0.4, 0.5) is 5.69 Å². The summed E-state index contributed by atoms with van der Waals surface area (Å²) in [7, 11) is 0. The molecule has 1 aromatic heterocycles. The molecule has 0 radical (unpaired) electrons. The van der Waals surface area contributed by atoms with Gasteiger partial charge in [-0.2, -0.15) is 0 Å². The van der Waals surface area contributed by atoms with E-state index in [-0.39, 0.29) is 5.76 Å². The molecule has 4 aromatic rings. The van der Waals surface area contributed by atoms with Crippen molar-refractivity contribution in [2.24, 2.45) is 0 Å². The van der Waals surface area contributed by atoms with Crippen molar-refractivity contribution in [2.45, 2.75) is 57.0 Å². The molecule has 0 spiro atoms. The minimum Gasteiger partial charge on any atom is -0.508 e. The SMILES string of the molecule is C=C(O)c1ccc2c(c1)nc(-c1ccc(OC[C@@H]3CCCN3c3ccccc3)cc1)n2C1CCCCC1. The second-order valence-corrected chi connectivity index (χ2v) is 10.4. The molecule has 0 unspecified atom stereocenters. The van der Waals surface area contributed by atoms with Gasteiger partial charge in [0.05, 0.1) is 17.1 Å². The summed E-state index contributed by atoms with van der Waals surface area (Å²) in [5, 5.41) is 9.92. The molecule has 1 saturated carbocycles. The number of anilines is 1. The first-order chi connectivity index (χ1) is 18.2. The Morgan fingerprint density at radius 2 is 1.70 bits per heavy atom. The van der Waals surface area contributed by atoms with Crippen molar-refractivity contribution in [3.8, 4) is 17.1 Å². The van der Waals surface area contributed by atoms with Crippen LogP contribution < -0.4 is 9.64 Å². The molecule has 1 aliphatic carbocycles. The lowest BCUT2D eigenvalue weighted by molar-refractivity contribution is 0.288. The molecule has 1 aliphatic heterocycles. The van der Waals surface area contributed by atoms with Crippen molar-refractivity contribution < 1.29 is 9.84 Å². The van der Waals surface area contributed by atoms with Crippen LogP contribution in [-0.4, -0.2) is 33.9 Å². The third-order valence-electron chi connectivity index (χ3n) is 7.98. The van der Waals surface area contributed by atoms with Crippen LogP contribution in [0.1, 0.15) is 56.6 Å². The molecule has 5 nitrogen and oxygen atoms in total. The van der Waals surface area contributed by atoms with Gasteiger partial charge in [0.15, 0.2) is 0 Å². The lowest BCUT2D eigenvalue weighted by atomic mass is 9.94. The maximum atomic E-state index is 9.92. The van der Waals surface area contributed by atoms with Gasteiger partial charge in [-0.3, -0.25) is 0 Å². The molecule has 0 amide bonds. The van der Waals surface area contributed by atoms with E-state index in [4.69, 9.17) is 9.72 Å². The van der Waals surface area contributed by atoms with E-state index in [1.54, 1.807) is 0 Å². The minimum atomic E-state index is 0.0743.